The first-order chi connectivity index (χ1) is 13.1. The van der Waals surface area contributed by atoms with Crippen LogP contribution in [0.15, 0.2) is 53.1 Å². The molecule has 0 unspecified atom stereocenters. The van der Waals surface area contributed by atoms with Crippen molar-refractivity contribution in [1.82, 2.24) is 24.5 Å². The Labute approximate surface area is 167 Å². The van der Waals surface area contributed by atoms with E-state index in [9.17, 15) is 4.79 Å². The zero-order valence-electron chi connectivity index (χ0n) is 15.1. The van der Waals surface area contributed by atoms with Gasteiger partial charge in [0.1, 0.15) is 12.7 Å². The number of aromatic nitrogens is 3. The number of allylic oxidation sites excluding steroid dienone is 2. The highest BCUT2D eigenvalue weighted by molar-refractivity contribution is 7.97. The molecule has 1 heterocycles. The summed E-state index contributed by atoms with van der Waals surface area (Å²) in [5.41, 5.74) is 5.02. The van der Waals surface area contributed by atoms with Crippen LogP contribution in [-0.2, 0) is 11.4 Å². The Kier molecular flexibility index (Phi) is 7.00. The summed E-state index contributed by atoms with van der Waals surface area (Å²) in [7, 11) is 1.66. The van der Waals surface area contributed by atoms with E-state index >= 15 is 0 Å². The number of benzene rings is 1. The zero-order chi connectivity index (χ0) is 19.1. The molecule has 3 rings (SSSR count). The highest BCUT2D eigenvalue weighted by Gasteiger charge is 2.17. The Morgan fingerprint density at radius 3 is 2.70 bits per heavy atom. The molecular formula is C18H22ClN5O2S. The number of nitrogens with zero attached hydrogens (tertiary/aromatic N) is 4. The predicted octanol–water partition coefficient (Wildman–Crippen LogP) is 4.43. The van der Waals surface area contributed by atoms with Crippen LogP contribution in [0, 0.1) is 0 Å². The van der Waals surface area contributed by atoms with Gasteiger partial charge < -0.3 is 4.84 Å². The summed E-state index contributed by atoms with van der Waals surface area (Å²) in [5, 5.41) is 4.80. The number of hydrogen-bond acceptors (Lipinski definition) is 6. The molecule has 1 N–H and O–H groups in total. The van der Waals surface area contributed by atoms with Gasteiger partial charge in [-0.15, -0.1) is 0 Å². The van der Waals surface area contributed by atoms with Crippen LogP contribution in [0.4, 0.5) is 4.79 Å². The number of hydrogen-bond donors (Lipinski definition) is 1. The van der Waals surface area contributed by atoms with E-state index in [1.54, 1.807) is 30.2 Å². The molecule has 0 aliphatic heterocycles. The van der Waals surface area contributed by atoms with E-state index in [-0.39, 0.29) is 0 Å². The molecule has 0 atom stereocenters. The van der Waals surface area contributed by atoms with Gasteiger partial charge in [0.2, 0.25) is 0 Å². The van der Waals surface area contributed by atoms with E-state index in [0.717, 1.165) is 36.3 Å². The minimum atomic E-state index is -0.484. The van der Waals surface area contributed by atoms with Crippen LogP contribution >= 0.6 is 23.5 Å². The van der Waals surface area contributed by atoms with E-state index < -0.39 is 6.09 Å². The Bertz CT molecular complexity index is 772. The van der Waals surface area contributed by atoms with Crippen LogP contribution in [0.3, 0.4) is 0 Å². The summed E-state index contributed by atoms with van der Waals surface area (Å²) in [6.45, 7) is 0.497. The molecule has 1 aromatic carbocycles. The molecule has 27 heavy (non-hydrogen) atoms. The van der Waals surface area contributed by atoms with Gasteiger partial charge in [0.05, 0.1) is 12.2 Å². The van der Waals surface area contributed by atoms with Crippen LogP contribution in [0.25, 0.3) is 0 Å². The number of carbonyl (C=O) groups is 1. The highest BCUT2D eigenvalue weighted by Crippen LogP contribution is 2.26. The second-order valence-corrected chi connectivity index (χ2v) is 7.89. The third-order valence-corrected chi connectivity index (χ3v) is 5.40. The Balaban J connectivity index is 1.60. The molecule has 1 fully saturated rings. The van der Waals surface area contributed by atoms with Gasteiger partial charge in [0, 0.05) is 17.0 Å². The van der Waals surface area contributed by atoms with Crippen molar-refractivity contribution in [3.63, 3.8) is 0 Å². The van der Waals surface area contributed by atoms with Crippen LogP contribution < -0.4 is 5.48 Å². The summed E-state index contributed by atoms with van der Waals surface area (Å²) in [5.74, 6) is 0. The monoisotopic (exact) mass is 407 g/mol. The molecule has 1 aromatic heterocycles. The second kappa shape index (κ2) is 9.66. The summed E-state index contributed by atoms with van der Waals surface area (Å²) in [4.78, 5) is 22.5. The van der Waals surface area contributed by atoms with Gasteiger partial charge in [-0.2, -0.15) is 5.10 Å². The Morgan fingerprint density at radius 2 is 2.04 bits per heavy atom. The molecule has 7 nitrogen and oxygen atoms in total. The van der Waals surface area contributed by atoms with Gasteiger partial charge in [-0.3, -0.25) is 0 Å². The number of rotatable bonds is 6. The second-order valence-electron chi connectivity index (χ2n) is 6.25. The SMILES string of the molecule is CN(Sc1ccc(Cl)cc1)C(=O)ONC(Cn1cncn1)=C1CCCCC1. The molecule has 1 aliphatic carbocycles. The van der Waals surface area contributed by atoms with Crippen molar-refractivity contribution >= 4 is 29.6 Å². The summed E-state index contributed by atoms with van der Waals surface area (Å²) in [6, 6.07) is 7.27. The number of nitrogens with one attached hydrogen (secondary N) is 1. The summed E-state index contributed by atoms with van der Waals surface area (Å²) < 4.78 is 3.14. The van der Waals surface area contributed by atoms with E-state index in [1.807, 2.05) is 12.1 Å². The molecule has 144 valence electrons. The Hall–Kier alpha value is -2.19. The van der Waals surface area contributed by atoms with Gasteiger partial charge in [0.15, 0.2) is 0 Å². The van der Waals surface area contributed by atoms with Gasteiger partial charge in [0.25, 0.3) is 0 Å². The first-order valence-corrected chi connectivity index (χ1v) is 9.94. The summed E-state index contributed by atoms with van der Waals surface area (Å²) >= 11 is 7.16. The summed E-state index contributed by atoms with van der Waals surface area (Å²) in [6.07, 6.45) is 8.20. The van der Waals surface area contributed by atoms with E-state index in [2.05, 4.69) is 15.6 Å². The molecule has 0 spiro atoms. The van der Waals surface area contributed by atoms with Crippen molar-refractivity contribution in [3.05, 3.63) is 53.2 Å². The molecule has 0 saturated heterocycles. The number of halogens is 1. The third kappa shape index (κ3) is 5.90. The maximum Gasteiger partial charge on any atom is 0.444 e. The van der Waals surface area contributed by atoms with Crippen molar-refractivity contribution in [2.75, 3.05) is 7.05 Å². The van der Waals surface area contributed by atoms with Gasteiger partial charge in [-0.25, -0.2) is 24.2 Å². The lowest BCUT2D eigenvalue weighted by molar-refractivity contribution is 0.0898. The van der Waals surface area contributed by atoms with Crippen LogP contribution in [0.1, 0.15) is 32.1 Å². The molecule has 9 heteroatoms. The van der Waals surface area contributed by atoms with Gasteiger partial charge in [-0.05, 0) is 67.5 Å². The normalized spacial score (nSPS) is 13.9. The molecule has 1 aliphatic rings. The molecule has 0 radical (unpaired) electrons. The third-order valence-electron chi connectivity index (χ3n) is 4.25. The minimum Gasteiger partial charge on any atom is -0.324 e. The van der Waals surface area contributed by atoms with E-state index in [4.69, 9.17) is 16.4 Å². The molecule has 0 bridgehead atoms. The van der Waals surface area contributed by atoms with Crippen molar-refractivity contribution in [2.45, 2.75) is 43.5 Å². The number of hydroxylamine groups is 1. The maximum atomic E-state index is 12.3. The van der Waals surface area contributed by atoms with Crippen molar-refractivity contribution in [1.29, 1.82) is 0 Å². The van der Waals surface area contributed by atoms with Crippen molar-refractivity contribution < 1.29 is 9.63 Å². The number of carbonyl (C=O) groups excluding carboxylic acids is 1. The first-order valence-electron chi connectivity index (χ1n) is 8.79. The topological polar surface area (TPSA) is 72.3 Å². The van der Waals surface area contributed by atoms with Crippen molar-refractivity contribution in [2.24, 2.45) is 0 Å². The fraction of sp³-hybridized carbons (Fsp3) is 0.389. The van der Waals surface area contributed by atoms with Crippen LogP contribution in [0.5, 0.6) is 0 Å². The lowest BCUT2D eigenvalue weighted by Crippen LogP contribution is -2.30. The molecular weight excluding hydrogens is 386 g/mol. The van der Waals surface area contributed by atoms with Gasteiger partial charge in [-0.1, -0.05) is 18.0 Å². The Morgan fingerprint density at radius 1 is 1.30 bits per heavy atom. The fourth-order valence-corrected chi connectivity index (χ4v) is 3.65. The largest absolute Gasteiger partial charge is 0.444 e. The lowest BCUT2D eigenvalue weighted by Gasteiger charge is -2.21. The van der Waals surface area contributed by atoms with Crippen LogP contribution in [-0.4, -0.2) is 32.2 Å². The molecule has 1 saturated carbocycles. The smallest absolute Gasteiger partial charge is 0.324 e. The molecule has 1 amide bonds. The minimum absolute atomic E-state index is 0.484. The van der Waals surface area contributed by atoms with Gasteiger partial charge >= 0.3 is 6.09 Å². The maximum absolute atomic E-state index is 12.3. The van der Waals surface area contributed by atoms with Crippen molar-refractivity contribution in [3.8, 4) is 0 Å². The fourth-order valence-electron chi connectivity index (χ4n) is 2.83. The van der Waals surface area contributed by atoms with E-state index in [1.165, 1.54) is 34.6 Å². The first kappa shape index (κ1) is 19.6. The predicted molar refractivity (Wildman–Crippen MR) is 105 cm³/mol. The average molecular weight is 408 g/mol. The highest BCUT2D eigenvalue weighted by atomic mass is 35.5. The number of amides is 1. The zero-order valence-corrected chi connectivity index (χ0v) is 16.7. The lowest BCUT2D eigenvalue weighted by atomic mass is 9.93. The average Bonchev–Trinajstić information content (AvgIpc) is 3.20. The standard InChI is InChI=1S/C18H22ClN5O2S/c1-23(27-16-9-7-15(19)8-10-16)18(25)26-22-17(11-24-13-20-12-21-24)14-5-3-2-4-6-14/h7-10,12-13,22H,2-6,11H2,1H3. The quantitative estimate of drug-likeness (QED) is 0.564. The van der Waals surface area contributed by atoms with E-state index in [0.29, 0.717) is 11.6 Å². The van der Waals surface area contributed by atoms with Crippen LogP contribution in [0.2, 0.25) is 5.02 Å². The molecule has 2 aromatic rings.